The fourth-order valence-corrected chi connectivity index (χ4v) is 2.42. The first kappa shape index (κ1) is 13.5. The van der Waals surface area contributed by atoms with E-state index in [1.54, 1.807) is 6.92 Å². The minimum Gasteiger partial charge on any atom is -0.465 e. The van der Waals surface area contributed by atoms with Crippen molar-refractivity contribution in [2.24, 2.45) is 0 Å². The molecule has 1 aromatic heterocycles. The van der Waals surface area contributed by atoms with Gasteiger partial charge in [-0.1, -0.05) is 6.42 Å². The highest BCUT2D eigenvalue weighted by atomic mass is 16.5. The van der Waals surface area contributed by atoms with Crippen LogP contribution < -0.4 is 0 Å². The predicted molar refractivity (Wildman–Crippen MR) is 68.3 cm³/mol. The van der Waals surface area contributed by atoms with Crippen molar-refractivity contribution in [1.29, 1.82) is 5.26 Å². The SMILES string of the molecule is CCOC(=O)C(C#N)c1ncnc2c1CCCCC2. The van der Waals surface area contributed by atoms with Gasteiger partial charge in [-0.15, -0.1) is 0 Å². The summed E-state index contributed by atoms with van der Waals surface area (Å²) in [6.07, 6.45) is 6.47. The lowest BCUT2D eigenvalue weighted by molar-refractivity contribution is -0.143. The molecule has 19 heavy (non-hydrogen) atoms. The number of fused-ring (bicyclic) bond motifs is 1. The number of hydrogen-bond acceptors (Lipinski definition) is 5. The molecular formula is C14H17N3O2. The summed E-state index contributed by atoms with van der Waals surface area (Å²) in [5, 5.41) is 9.24. The van der Waals surface area contributed by atoms with E-state index in [0.29, 0.717) is 5.69 Å². The van der Waals surface area contributed by atoms with Crippen LogP contribution in [-0.4, -0.2) is 22.5 Å². The van der Waals surface area contributed by atoms with Crippen LogP contribution in [0.25, 0.3) is 0 Å². The van der Waals surface area contributed by atoms with Crippen LogP contribution >= 0.6 is 0 Å². The summed E-state index contributed by atoms with van der Waals surface area (Å²) in [4.78, 5) is 20.3. The van der Waals surface area contributed by atoms with E-state index in [2.05, 4.69) is 9.97 Å². The maximum atomic E-state index is 11.8. The van der Waals surface area contributed by atoms with E-state index < -0.39 is 11.9 Å². The first-order chi connectivity index (χ1) is 9.27. The highest BCUT2D eigenvalue weighted by Gasteiger charge is 2.27. The topological polar surface area (TPSA) is 75.9 Å². The molecule has 0 aliphatic heterocycles. The van der Waals surface area contributed by atoms with Crippen LogP contribution in [0.2, 0.25) is 0 Å². The molecule has 5 heteroatoms. The second-order valence-electron chi connectivity index (χ2n) is 4.56. The first-order valence-electron chi connectivity index (χ1n) is 6.66. The molecule has 0 N–H and O–H groups in total. The Labute approximate surface area is 112 Å². The average molecular weight is 259 g/mol. The lowest BCUT2D eigenvalue weighted by atomic mass is 9.97. The number of hydrogen-bond donors (Lipinski definition) is 0. The van der Waals surface area contributed by atoms with Crippen LogP contribution in [-0.2, 0) is 22.4 Å². The Hall–Kier alpha value is -1.96. The molecule has 0 fully saturated rings. The summed E-state index contributed by atoms with van der Waals surface area (Å²) in [5.41, 5.74) is 2.49. The third kappa shape index (κ3) is 2.90. The molecule has 1 heterocycles. The standard InChI is InChI=1S/C14H17N3O2/c1-2-19-14(18)11(8-15)13-10-6-4-3-5-7-12(10)16-9-17-13/h9,11H,2-7H2,1H3. The monoisotopic (exact) mass is 259 g/mol. The average Bonchev–Trinajstić information content (AvgIpc) is 2.65. The molecule has 5 nitrogen and oxygen atoms in total. The molecule has 0 saturated heterocycles. The van der Waals surface area contributed by atoms with Crippen molar-refractivity contribution >= 4 is 5.97 Å². The van der Waals surface area contributed by atoms with E-state index in [4.69, 9.17) is 4.74 Å². The molecule has 0 saturated carbocycles. The first-order valence-corrected chi connectivity index (χ1v) is 6.66. The summed E-state index contributed by atoms with van der Waals surface area (Å²) >= 11 is 0. The number of nitrogens with zero attached hydrogens (tertiary/aromatic N) is 3. The Bertz CT molecular complexity index is 508. The van der Waals surface area contributed by atoms with Gasteiger partial charge in [0.1, 0.15) is 6.33 Å². The van der Waals surface area contributed by atoms with Crippen LogP contribution in [0.1, 0.15) is 49.1 Å². The lowest BCUT2D eigenvalue weighted by Crippen LogP contribution is -2.18. The van der Waals surface area contributed by atoms with Gasteiger partial charge in [0.25, 0.3) is 0 Å². The quantitative estimate of drug-likeness (QED) is 0.612. The molecule has 0 amide bonds. The fourth-order valence-electron chi connectivity index (χ4n) is 2.42. The number of esters is 1. The van der Waals surface area contributed by atoms with Crippen molar-refractivity contribution in [1.82, 2.24) is 9.97 Å². The molecule has 1 aliphatic carbocycles. The number of carbonyl (C=O) groups excluding carboxylic acids is 1. The van der Waals surface area contributed by atoms with E-state index in [-0.39, 0.29) is 6.61 Å². The van der Waals surface area contributed by atoms with Crippen LogP contribution in [0.5, 0.6) is 0 Å². The Morgan fingerprint density at radius 1 is 1.42 bits per heavy atom. The molecule has 1 atom stereocenters. The van der Waals surface area contributed by atoms with Gasteiger partial charge in [-0.2, -0.15) is 5.26 Å². The van der Waals surface area contributed by atoms with Crippen molar-refractivity contribution in [3.63, 3.8) is 0 Å². The number of aryl methyl sites for hydroxylation is 1. The Kier molecular flexibility index (Phi) is 4.45. The van der Waals surface area contributed by atoms with Crippen molar-refractivity contribution < 1.29 is 9.53 Å². The number of carbonyl (C=O) groups is 1. The van der Waals surface area contributed by atoms with Crippen LogP contribution in [0, 0.1) is 11.3 Å². The fraction of sp³-hybridized carbons (Fsp3) is 0.571. The van der Waals surface area contributed by atoms with E-state index in [9.17, 15) is 10.1 Å². The minimum atomic E-state index is -0.935. The van der Waals surface area contributed by atoms with E-state index in [1.165, 1.54) is 6.33 Å². The second-order valence-corrected chi connectivity index (χ2v) is 4.56. The Morgan fingerprint density at radius 2 is 2.21 bits per heavy atom. The lowest BCUT2D eigenvalue weighted by Gasteiger charge is -2.13. The molecule has 1 aliphatic rings. The van der Waals surface area contributed by atoms with Gasteiger partial charge in [0.2, 0.25) is 0 Å². The van der Waals surface area contributed by atoms with E-state index in [1.807, 2.05) is 6.07 Å². The third-order valence-corrected chi connectivity index (χ3v) is 3.33. The van der Waals surface area contributed by atoms with Gasteiger partial charge in [0.15, 0.2) is 5.92 Å². The Balaban J connectivity index is 2.38. The molecular weight excluding hydrogens is 242 g/mol. The van der Waals surface area contributed by atoms with Crippen molar-refractivity contribution in [3.8, 4) is 6.07 Å². The molecule has 0 radical (unpaired) electrons. The third-order valence-electron chi connectivity index (χ3n) is 3.33. The van der Waals surface area contributed by atoms with Gasteiger partial charge < -0.3 is 4.74 Å². The normalized spacial score (nSPS) is 15.8. The zero-order valence-electron chi connectivity index (χ0n) is 11.1. The highest BCUT2D eigenvalue weighted by Crippen LogP contribution is 2.26. The summed E-state index contributed by atoms with van der Waals surface area (Å²) in [6.45, 7) is 2.00. The summed E-state index contributed by atoms with van der Waals surface area (Å²) in [6, 6.07) is 2.01. The summed E-state index contributed by atoms with van der Waals surface area (Å²) in [7, 11) is 0. The van der Waals surface area contributed by atoms with Gasteiger partial charge in [0.05, 0.1) is 18.4 Å². The number of aromatic nitrogens is 2. The number of nitriles is 1. The summed E-state index contributed by atoms with van der Waals surface area (Å²) < 4.78 is 4.95. The van der Waals surface area contributed by atoms with Gasteiger partial charge in [-0.25, -0.2) is 9.97 Å². The van der Waals surface area contributed by atoms with E-state index >= 15 is 0 Å². The molecule has 2 rings (SSSR count). The maximum Gasteiger partial charge on any atom is 0.329 e. The molecule has 1 aromatic rings. The van der Waals surface area contributed by atoms with Crippen molar-refractivity contribution in [2.45, 2.75) is 44.9 Å². The molecule has 0 spiro atoms. The van der Waals surface area contributed by atoms with Gasteiger partial charge >= 0.3 is 5.97 Å². The molecule has 1 unspecified atom stereocenters. The van der Waals surface area contributed by atoms with Gasteiger partial charge in [-0.05, 0) is 38.2 Å². The molecule has 100 valence electrons. The molecule has 0 aromatic carbocycles. The minimum absolute atomic E-state index is 0.268. The van der Waals surface area contributed by atoms with Crippen molar-refractivity contribution in [3.05, 3.63) is 23.3 Å². The van der Waals surface area contributed by atoms with Crippen LogP contribution in [0.4, 0.5) is 0 Å². The maximum absolute atomic E-state index is 11.8. The van der Waals surface area contributed by atoms with Gasteiger partial charge in [-0.3, -0.25) is 4.79 Å². The molecule has 0 bridgehead atoms. The van der Waals surface area contributed by atoms with E-state index in [0.717, 1.165) is 43.4 Å². The largest absolute Gasteiger partial charge is 0.465 e. The smallest absolute Gasteiger partial charge is 0.329 e. The number of rotatable bonds is 3. The predicted octanol–water partition coefficient (Wildman–Crippen LogP) is 1.92. The zero-order chi connectivity index (χ0) is 13.7. The zero-order valence-corrected chi connectivity index (χ0v) is 11.1. The van der Waals surface area contributed by atoms with Crippen LogP contribution in [0.15, 0.2) is 6.33 Å². The summed E-state index contributed by atoms with van der Waals surface area (Å²) in [5.74, 6) is -1.45. The Morgan fingerprint density at radius 3 is 2.95 bits per heavy atom. The second kappa shape index (κ2) is 6.28. The highest BCUT2D eigenvalue weighted by molar-refractivity contribution is 5.81. The van der Waals surface area contributed by atoms with Crippen molar-refractivity contribution in [2.75, 3.05) is 6.61 Å². The number of ether oxygens (including phenoxy) is 1. The van der Waals surface area contributed by atoms with Gasteiger partial charge in [0, 0.05) is 5.69 Å². The van der Waals surface area contributed by atoms with Crippen LogP contribution in [0.3, 0.4) is 0 Å².